The van der Waals surface area contributed by atoms with Gasteiger partial charge in [-0.2, -0.15) is 11.8 Å². The number of carboxylic acids is 1. The lowest BCUT2D eigenvalue weighted by Crippen LogP contribution is -2.51. The van der Waals surface area contributed by atoms with Gasteiger partial charge in [0.1, 0.15) is 6.04 Å². The first kappa shape index (κ1) is 14.2. The third-order valence-corrected chi connectivity index (χ3v) is 3.93. The van der Waals surface area contributed by atoms with Crippen LogP contribution in [0.2, 0.25) is 0 Å². The van der Waals surface area contributed by atoms with Gasteiger partial charge < -0.3 is 15.7 Å². The van der Waals surface area contributed by atoms with Crippen molar-refractivity contribution in [3.8, 4) is 0 Å². The van der Waals surface area contributed by atoms with Gasteiger partial charge in [0.05, 0.1) is 0 Å². The van der Waals surface area contributed by atoms with E-state index in [1.807, 2.05) is 11.8 Å². The van der Waals surface area contributed by atoms with Crippen LogP contribution < -0.4 is 10.6 Å². The monoisotopic (exact) mass is 260 g/mol. The molecular weight excluding hydrogens is 240 g/mol. The fraction of sp³-hybridized carbons (Fsp3) is 0.818. The summed E-state index contributed by atoms with van der Waals surface area (Å²) in [6, 6.07) is -1.04. The molecule has 1 fully saturated rings. The molecule has 0 aromatic carbocycles. The molecule has 0 aromatic heterocycles. The molecule has 1 heterocycles. The van der Waals surface area contributed by atoms with Crippen LogP contribution in [-0.4, -0.2) is 40.7 Å². The first-order valence-electron chi connectivity index (χ1n) is 5.88. The topological polar surface area (TPSA) is 78.4 Å². The summed E-state index contributed by atoms with van der Waals surface area (Å²) >= 11 is 1.82. The number of aliphatic carboxylic acids is 1. The quantitative estimate of drug-likeness (QED) is 0.711. The average molecular weight is 260 g/mol. The number of hydrogen-bond acceptors (Lipinski definition) is 3. The van der Waals surface area contributed by atoms with Gasteiger partial charge in [-0.15, -0.1) is 0 Å². The number of hydrogen-bond donors (Lipinski definition) is 3. The van der Waals surface area contributed by atoms with E-state index < -0.39 is 12.0 Å². The Hall–Kier alpha value is -0.910. The number of amides is 2. The fourth-order valence-electron chi connectivity index (χ4n) is 1.74. The third kappa shape index (κ3) is 4.85. The van der Waals surface area contributed by atoms with E-state index in [2.05, 4.69) is 10.6 Å². The number of carbonyl (C=O) groups is 2. The van der Waals surface area contributed by atoms with Crippen LogP contribution in [0, 0.1) is 5.92 Å². The average Bonchev–Trinajstić information content (AvgIpc) is 2.26. The summed E-state index contributed by atoms with van der Waals surface area (Å²) in [4.78, 5) is 22.6. The van der Waals surface area contributed by atoms with Crippen LogP contribution in [0.15, 0.2) is 0 Å². The van der Waals surface area contributed by atoms with Gasteiger partial charge in [0.2, 0.25) is 0 Å². The largest absolute Gasteiger partial charge is 0.480 e. The van der Waals surface area contributed by atoms with E-state index in [1.165, 1.54) is 0 Å². The van der Waals surface area contributed by atoms with Crippen LogP contribution in [0.5, 0.6) is 0 Å². The van der Waals surface area contributed by atoms with Crippen LogP contribution in [-0.2, 0) is 4.79 Å². The molecule has 0 bridgehead atoms. The Morgan fingerprint density at radius 2 is 2.12 bits per heavy atom. The highest BCUT2D eigenvalue weighted by molar-refractivity contribution is 7.99. The summed E-state index contributed by atoms with van der Waals surface area (Å²) in [7, 11) is 0. The molecule has 6 heteroatoms. The van der Waals surface area contributed by atoms with Crippen LogP contribution >= 0.6 is 11.8 Å². The molecular formula is C11H20N2O3S. The van der Waals surface area contributed by atoms with Crippen molar-refractivity contribution in [2.45, 2.75) is 38.8 Å². The van der Waals surface area contributed by atoms with E-state index in [-0.39, 0.29) is 18.0 Å². The fourth-order valence-corrected chi connectivity index (χ4v) is 2.81. The minimum atomic E-state index is -0.992. The molecule has 1 aliphatic heterocycles. The van der Waals surface area contributed by atoms with Crippen molar-refractivity contribution in [2.75, 3.05) is 11.5 Å². The Morgan fingerprint density at radius 3 is 2.59 bits per heavy atom. The Balaban J connectivity index is 2.38. The number of thioether (sulfide) groups is 1. The summed E-state index contributed by atoms with van der Waals surface area (Å²) in [5.74, 6) is 0.934. The lowest BCUT2D eigenvalue weighted by molar-refractivity contribution is -0.140. The smallest absolute Gasteiger partial charge is 0.326 e. The number of urea groups is 1. The highest BCUT2D eigenvalue weighted by Crippen LogP contribution is 2.16. The molecule has 5 nitrogen and oxygen atoms in total. The minimum Gasteiger partial charge on any atom is -0.480 e. The zero-order valence-corrected chi connectivity index (χ0v) is 11.0. The zero-order chi connectivity index (χ0) is 12.8. The molecule has 1 aliphatic rings. The standard InChI is InChI=1S/C11H20N2O3S/c1-7(2)9(10(14)15)13-11(16)12-8-4-3-5-17-6-8/h7-9H,3-6H2,1-2H3,(H,14,15)(H2,12,13,16). The lowest BCUT2D eigenvalue weighted by atomic mass is 10.1. The molecule has 0 radical (unpaired) electrons. The van der Waals surface area contributed by atoms with E-state index in [1.54, 1.807) is 13.8 Å². The van der Waals surface area contributed by atoms with Gasteiger partial charge in [-0.05, 0) is 24.5 Å². The van der Waals surface area contributed by atoms with Gasteiger partial charge in [-0.3, -0.25) is 0 Å². The third-order valence-electron chi connectivity index (χ3n) is 2.71. The van der Waals surface area contributed by atoms with E-state index in [9.17, 15) is 9.59 Å². The van der Waals surface area contributed by atoms with Crippen molar-refractivity contribution in [3.63, 3.8) is 0 Å². The Kier molecular flexibility index (Phi) is 5.61. The number of nitrogens with one attached hydrogen (secondary N) is 2. The Labute approximate surface area is 106 Å². The number of carbonyl (C=O) groups excluding carboxylic acids is 1. The highest BCUT2D eigenvalue weighted by Gasteiger charge is 2.24. The Morgan fingerprint density at radius 1 is 1.41 bits per heavy atom. The summed E-state index contributed by atoms with van der Waals surface area (Å²) in [5, 5.41) is 14.3. The van der Waals surface area contributed by atoms with Crippen LogP contribution in [0.1, 0.15) is 26.7 Å². The molecule has 3 N–H and O–H groups in total. The maximum Gasteiger partial charge on any atom is 0.326 e. The zero-order valence-electron chi connectivity index (χ0n) is 10.2. The molecule has 1 saturated heterocycles. The molecule has 2 atom stereocenters. The first-order chi connectivity index (χ1) is 8.00. The summed E-state index contributed by atoms with van der Waals surface area (Å²) < 4.78 is 0. The van der Waals surface area contributed by atoms with Crippen LogP contribution in [0.3, 0.4) is 0 Å². The molecule has 17 heavy (non-hydrogen) atoms. The lowest BCUT2D eigenvalue weighted by Gasteiger charge is -2.24. The van der Waals surface area contributed by atoms with Crippen LogP contribution in [0.4, 0.5) is 4.79 Å². The van der Waals surface area contributed by atoms with E-state index in [0.717, 1.165) is 24.3 Å². The second-order valence-corrected chi connectivity index (χ2v) is 5.74. The predicted molar refractivity (Wildman–Crippen MR) is 68.3 cm³/mol. The SMILES string of the molecule is CC(C)C(NC(=O)NC1CCCSC1)C(=O)O. The minimum absolute atomic E-state index is 0.126. The van der Waals surface area contributed by atoms with Gasteiger partial charge in [-0.1, -0.05) is 13.8 Å². The van der Waals surface area contributed by atoms with Gasteiger partial charge in [0.25, 0.3) is 0 Å². The summed E-state index contributed by atoms with van der Waals surface area (Å²) in [6.07, 6.45) is 2.07. The van der Waals surface area contributed by atoms with Crippen molar-refractivity contribution < 1.29 is 14.7 Å². The molecule has 0 aliphatic carbocycles. The first-order valence-corrected chi connectivity index (χ1v) is 7.03. The molecule has 1 rings (SSSR count). The second kappa shape index (κ2) is 6.74. The molecule has 98 valence electrons. The van der Waals surface area contributed by atoms with E-state index >= 15 is 0 Å². The molecule has 0 aromatic rings. The van der Waals surface area contributed by atoms with Crippen molar-refractivity contribution in [3.05, 3.63) is 0 Å². The summed E-state index contributed by atoms with van der Waals surface area (Å²) in [5.41, 5.74) is 0. The molecule has 2 amide bonds. The molecule has 0 saturated carbocycles. The second-order valence-electron chi connectivity index (χ2n) is 4.59. The van der Waals surface area contributed by atoms with E-state index in [0.29, 0.717) is 0 Å². The Bertz CT molecular complexity index is 278. The number of carboxylic acid groups (broad SMARTS) is 1. The summed E-state index contributed by atoms with van der Waals surface area (Å²) in [6.45, 7) is 3.55. The normalized spacial score (nSPS) is 21.9. The van der Waals surface area contributed by atoms with Crippen molar-refractivity contribution in [1.82, 2.24) is 10.6 Å². The van der Waals surface area contributed by atoms with Crippen molar-refractivity contribution in [2.24, 2.45) is 5.92 Å². The highest BCUT2D eigenvalue weighted by atomic mass is 32.2. The number of rotatable bonds is 4. The van der Waals surface area contributed by atoms with E-state index in [4.69, 9.17) is 5.11 Å². The van der Waals surface area contributed by atoms with Crippen LogP contribution in [0.25, 0.3) is 0 Å². The molecule has 0 spiro atoms. The van der Waals surface area contributed by atoms with Gasteiger partial charge >= 0.3 is 12.0 Å². The maximum atomic E-state index is 11.6. The van der Waals surface area contributed by atoms with Crippen molar-refractivity contribution in [1.29, 1.82) is 0 Å². The predicted octanol–water partition coefficient (Wildman–Crippen LogP) is 1.29. The van der Waals surface area contributed by atoms with Gasteiger partial charge in [0.15, 0.2) is 0 Å². The molecule has 2 unspecified atom stereocenters. The van der Waals surface area contributed by atoms with Crippen molar-refractivity contribution >= 4 is 23.8 Å². The van der Waals surface area contributed by atoms with Gasteiger partial charge in [-0.25, -0.2) is 9.59 Å². The van der Waals surface area contributed by atoms with Gasteiger partial charge in [0, 0.05) is 11.8 Å². The maximum absolute atomic E-state index is 11.6.